The molecule has 2 N–H and O–H groups in total. The number of anilines is 1. The van der Waals surface area contributed by atoms with Crippen molar-refractivity contribution in [1.82, 2.24) is 9.78 Å². The van der Waals surface area contributed by atoms with E-state index in [0.29, 0.717) is 0 Å². The SMILES string of the molecule is CCc1nn(Cc2ccccc2C)c(CC)c1N. The molecule has 0 aliphatic heterocycles. The number of nitrogens with two attached hydrogens (primary N) is 1. The minimum atomic E-state index is 0.806. The number of nitrogen functional groups attached to an aromatic ring is 1. The Hall–Kier alpha value is -1.77. The summed E-state index contributed by atoms with van der Waals surface area (Å²) in [7, 11) is 0. The molecular formula is C15H21N3. The van der Waals surface area contributed by atoms with Crippen molar-refractivity contribution in [1.29, 1.82) is 0 Å². The summed E-state index contributed by atoms with van der Waals surface area (Å²) < 4.78 is 2.05. The van der Waals surface area contributed by atoms with Crippen LogP contribution < -0.4 is 5.73 Å². The second kappa shape index (κ2) is 5.25. The van der Waals surface area contributed by atoms with Gasteiger partial charge in [-0.05, 0) is 30.9 Å². The maximum absolute atomic E-state index is 6.13. The molecule has 1 heterocycles. The third kappa shape index (κ3) is 2.26. The van der Waals surface area contributed by atoms with Crippen LogP contribution in [0, 0.1) is 6.92 Å². The Bertz CT molecular complexity index is 541. The van der Waals surface area contributed by atoms with Crippen LogP contribution in [0.15, 0.2) is 24.3 Å². The van der Waals surface area contributed by atoms with Gasteiger partial charge in [-0.3, -0.25) is 4.68 Å². The summed E-state index contributed by atoms with van der Waals surface area (Å²) in [6, 6.07) is 8.42. The molecule has 0 radical (unpaired) electrons. The molecule has 3 heteroatoms. The Morgan fingerprint density at radius 1 is 1.17 bits per heavy atom. The monoisotopic (exact) mass is 243 g/mol. The maximum atomic E-state index is 6.13. The highest BCUT2D eigenvalue weighted by Gasteiger charge is 2.13. The van der Waals surface area contributed by atoms with Crippen molar-refractivity contribution in [2.75, 3.05) is 5.73 Å². The Morgan fingerprint density at radius 3 is 2.50 bits per heavy atom. The fraction of sp³-hybridized carbons (Fsp3) is 0.400. The van der Waals surface area contributed by atoms with Gasteiger partial charge >= 0.3 is 0 Å². The van der Waals surface area contributed by atoms with Crippen LogP contribution in [0.1, 0.15) is 36.4 Å². The molecule has 0 amide bonds. The van der Waals surface area contributed by atoms with Crippen molar-refractivity contribution < 1.29 is 0 Å². The molecule has 96 valence electrons. The first-order valence-corrected chi connectivity index (χ1v) is 6.55. The van der Waals surface area contributed by atoms with Crippen LogP contribution in [0.5, 0.6) is 0 Å². The quantitative estimate of drug-likeness (QED) is 0.897. The predicted molar refractivity (Wildman–Crippen MR) is 75.7 cm³/mol. The molecule has 1 aromatic carbocycles. The van der Waals surface area contributed by atoms with Crippen LogP contribution in [-0.4, -0.2) is 9.78 Å². The van der Waals surface area contributed by atoms with E-state index in [2.05, 4.69) is 54.8 Å². The minimum absolute atomic E-state index is 0.806. The normalized spacial score (nSPS) is 10.8. The molecule has 0 spiro atoms. The van der Waals surface area contributed by atoms with Gasteiger partial charge in [-0.15, -0.1) is 0 Å². The summed E-state index contributed by atoms with van der Waals surface area (Å²) in [6.07, 6.45) is 1.81. The first kappa shape index (κ1) is 12.7. The molecule has 2 aromatic rings. The van der Waals surface area contributed by atoms with Gasteiger partial charge in [0, 0.05) is 0 Å². The van der Waals surface area contributed by atoms with Crippen LogP contribution >= 0.6 is 0 Å². The van der Waals surface area contributed by atoms with Gasteiger partial charge in [-0.1, -0.05) is 38.1 Å². The lowest BCUT2D eigenvalue weighted by molar-refractivity contribution is 0.638. The van der Waals surface area contributed by atoms with Crippen molar-refractivity contribution >= 4 is 5.69 Å². The van der Waals surface area contributed by atoms with Crippen LogP contribution in [0.25, 0.3) is 0 Å². The first-order valence-electron chi connectivity index (χ1n) is 6.55. The van der Waals surface area contributed by atoms with Gasteiger partial charge in [-0.25, -0.2) is 0 Å². The lowest BCUT2D eigenvalue weighted by Gasteiger charge is -2.08. The van der Waals surface area contributed by atoms with Crippen molar-refractivity contribution in [3.8, 4) is 0 Å². The Kier molecular flexibility index (Phi) is 3.70. The molecule has 1 aromatic heterocycles. The summed E-state index contributed by atoms with van der Waals surface area (Å²) in [5, 5.41) is 4.63. The van der Waals surface area contributed by atoms with Gasteiger partial charge in [0.15, 0.2) is 0 Å². The Labute approximate surface area is 109 Å². The van der Waals surface area contributed by atoms with Gasteiger partial charge in [0.1, 0.15) is 0 Å². The van der Waals surface area contributed by atoms with Crippen molar-refractivity contribution in [2.24, 2.45) is 0 Å². The third-order valence-corrected chi connectivity index (χ3v) is 3.43. The van der Waals surface area contributed by atoms with Crippen LogP contribution in [0.4, 0.5) is 5.69 Å². The number of rotatable bonds is 4. The van der Waals surface area contributed by atoms with Gasteiger partial charge in [0.05, 0.1) is 23.6 Å². The zero-order chi connectivity index (χ0) is 13.1. The lowest BCUT2D eigenvalue weighted by atomic mass is 10.1. The van der Waals surface area contributed by atoms with E-state index in [9.17, 15) is 0 Å². The molecule has 3 nitrogen and oxygen atoms in total. The molecule has 0 fully saturated rings. The lowest BCUT2D eigenvalue weighted by Crippen LogP contribution is -2.07. The third-order valence-electron chi connectivity index (χ3n) is 3.43. The number of aromatic nitrogens is 2. The molecule has 0 saturated heterocycles. The predicted octanol–water partition coefficient (Wildman–Crippen LogP) is 2.95. The molecule has 2 rings (SSSR count). The first-order chi connectivity index (χ1) is 8.67. The second-order valence-electron chi connectivity index (χ2n) is 4.60. The number of hydrogen-bond donors (Lipinski definition) is 1. The summed E-state index contributed by atoms with van der Waals surface area (Å²) in [5.74, 6) is 0. The number of hydrogen-bond acceptors (Lipinski definition) is 2. The van der Waals surface area contributed by atoms with E-state index in [1.807, 2.05) is 0 Å². The number of benzene rings is 1. The van der Waals surface area contributed by atoms with Gasteiger partial charge in [-0.2, -0.15) is 5.10 Å². The highest BCUT2D eigenvalue weighted by molar-refractivity contribution is 5.48. The summed E-state index contributed by atoms with van der Waals surface area (Å²) in [6.45, 7) is 7.16. The zero-order valence-corrected chi connectivity index (χ0v) is 11.4. The number of nitrogens with zero attached hydrogens (tertiary/aromatic N) is 2. The fourth-order valence-corrected chi connectivity index (χ4v) is 2.28. The zero-order valence-electron chi connectivity index (χ0n) is 11.4. The fourth-order valence-electron chi connectivity index (χ4n) is 2.28. The molecule has 0 saturated carbocycles. The van der Waals surface area contributed by atoms with E-state index in [4.69, 9.17) is 5.73 Å². The highest BCUT2D eigenvalue weighted by Crippen LogP contribution is 2.20. The van der Waals surface area contributed by atoms with Crippen LogP contribution in [0.2, 0.25) is 0 Å². The van der Waals surface area contributed by atoms with E-state index in [-0.39, 0.29) is 0 Å². The van der Waals surface area contributed by atoms with E-state index in [1.54, 1.807) is 0 Å². The van der Waals surface area contributed by atoms with Crippen molar-refractivity contribution in [2.45, 2.75) is 40.2 Å². The smallest absolute Gasteiger partial charge is 0.0854 e. The number of aryl methyl sites for hydroxylation is 2. The second-order valence-corrected chi connectivity index (χ2v) is 4.60. The molecule has 0 atom stereocenters. The highest BCUT2D eigenvalue weighted by atomic mass is 15.3. The average Bonchev–Trinajstić information content (AvgIpc) is 2.68. The van der Waals surface area contributed by atoms with E-state index < -0.39 is 0 Å². The molecule has 0 aliphatic carbocycles. The molecular weight excluding hydrogens is 222 g/mol. The van der Waals surface area contributed by atoms with Crippen molar-refractivity contribution in [3.05, 3.63) is 46.8 Å². The van der Waals surface area contributed by atoms with Gasteiger partial charge < -0.3 is 5.73 Å². The molecule has 18 heavy (non-hydrogen) atoms. The largest absolute Gasteiger partial charge is 0.396 e. The average molecular weight is 243 g/mol. The standard InChI is InChI=1S/C15H21N3/c1-4-13-15(16)14(5-2)18(17-13)10-12-9-7-6-8-11(12)3/h6-9H,4-5,10,16H2,1-3H3. The summed E-state index contributed by atoms with van der Waals surface area (Å²) >= 11 is 0. The summed E-state index contributed by atoms with van der Waals surface area (Å²) in [4.78, 5) is 0. The summed E-state index contributed by atoms with van der Waals surface area (Å²) in [5.41, 5.74) is 11.8. The van der Waals surface area contributed by atoms with E-state index >= 15 is 0 Å². The Morgan fingerprint density at radius 2 is 1.89 bits per heavy atom. The molecule has 0 aliphatic rings. The maximum Gasteiger partial charge on any atom is 0.0854 e. The van der Waals surface area contributed by atoms with Crippen LogP contribution in [0.3, 0.4) is 0 Å². The van der Waals surface area contributed by atoms with Crippen molar-refractivity contribution in [3.63, 3.8) is 0 Å². The Balaban J connectivity index is 2.37. The van der Waals surface area contributed by atoms with E-state index in [0.717, 1.165) is 36.5 Å². The molecule has 0 unspecified atom stereocenters. The topological polar surface area (TPSA) is 43.8 Å². The molecule has 0 bridgehead atoms. The van der Waals surface area contributed by atoms with E-state index in [1.165, 1.54) is 11.1 Å². The van der Waals surface area contributed by atoms with Crippen LogP contribution in [-0.2, 0) is 19.4 Å². The van der Waals surface area contributed by atoms with Gasteiger partial charge in [0.2, 0.25) is 0 Å². The van der Waals surface area contributed by atoms with Gasteiger partial charge in [0.25, 0.3) is 0 Å². The minimum Gasteiger partial charge on any atom is -0.396 e.